The zero-order valence-electron chi connectivity index (χ0n) is 11.1. The van der Waals surface area contributed by atoms with Crippen LogP contribution in [0.2, 0.25) is 0 Å². The molecule has 0 radical (unpaired) electrons. The van der Waals surface area contributed by atoms with Crippen molar-refractivity contribution in [3.05, 3.63) is 35.4 Å². The third kappa shape index (κ3) is 2.40. The van der Waals surface area contributed by atoms with Gasteiger partial charge in [0.05, 0.1) is 30.5 Å². The number of Topliss-reactive ketones (excluding diaryl/α,β-unsaturated/α-hetero) is 1. The summed E-state index contributed by atoms with van der Waals surface area (Å²) in [5.74, 6) is -3.47. The third-order valence-corrected chi connectivity index (χ3v) is 3.63. The Morgan fingerprint density at radius 2 is 2.14 bits per heavy atom. The van der Waals surface area contributed by atoms with Crippen LogP contribution in [0.25, 0.3) is 0 Å². The van der Waals surface area contributed by atoms with Crippen LogP contribution in [-0.4, -0.2) is 53.8 Å². The van der Waals surface area contributed by atoms with Crippen LogP contribution in [0.5, 0.6) is 0 Å². The normalized spacial score (nSPS) is 25.5. The number of allylic oxidation sites excluding steroid dienone is 3. The van der Waals surface area contributed by atoms with E-state index in [1.54, 1.807) is 0 Å². The second-order valence-corrected chi connectivity index (χ2v) is 4.89. The number of aliphatic imine (C=N–C) groups is 1. The molecular formula is C14H13FN2O4. The molecule has 21 heavy (non-hydrogen) atoms. The molecule has 1 atom stereocenters. The number of ether oxygens (including phenoxy) is 1. The zero-order valence-corrected chi connectivity index (χ0v) is 11.1. The summed E-state index contributed by atoms with van der Waals surface area (Å²) in [5, 5.41) is 8.91. The van der Waals surface area contributed by atoms with E-state index in [2.05, 4.69) is 4.99 Å². The molecule has 0 bridgehead atoms. The van der Waals surface area contributed by atoms with Gasteiger partial charge in [0, 0.05) is 19.3 Å². The molecule has 3 aliphatic rings. The number of carbonyl (C=O) groups excluding carboxylic acids is 1. The van der Waals surface area contributed by atoms with Gasteiger partial charge in [0.15, 0.2) is 5.78 Å². The number of carbonyl (C=O) groups is 2. The standard InChI is InChI=1S/C14H13FN2O4/c15-10-5-8-11(16-7-9(13(8)18)14(19)20)6-12(10)17-1-3-21-4-2-17/h5-8H,1-4H2,(H,19,20). The molecule has 1 fully saturated rings. The average molecular weight is 292 g/mol. The lowest BCUT2D eigenvalue weighted by molar-refractivity contribution is -0.134. The predicted molar refractivity (Wildman–Crippen MR) is 71.3 cm³/mol. The van der Waals surface area contributed by atoms with E-state index in [9.17, 15) is 14.0 Å². The maximum Gasteiger partial charge on any atom is 0.340 e. The molecule has 2 aliphatic heterocycles. The Bertz CT molecular complexity index is 627. The maximum atomic E-state index is 14.2. The number of carboxylic acid groups (broad SMARTS) is 1. The molecule has 1 N–H and O–H groups in total. The molecule has 1 saturated heterocycles. The second kappa shape index (κ2) is 5.25. The molecular weight excluding hydrogens is 279 g/mol. The number of rotatable bonds is 2. The topological polar surface area (TPSA) is 79.2 Å². The Labute approximate surface area is 119 Å². The highest BCUT2D eigenvalue weighted by Gasteiger charge is 2.35. The van der Waals surface area contributed by atoms with Crippen LogP contribution in [0.3, 0.4) is 0 Å². The van der Waals surface area contributed by atoms with E-state index in [1.807, 2.05) is 4.90 Å². The number of hydrogen-bond donors (Lipinski definition) is 1. The summed E-state index contributed by atoms with van der Waals surface area (Å²) >= 11 is 0. The highest BCUT2D eigenvalue weighted by Crippen LogP contribution is 2.29. The fourth-order valence-electron chi connectivity index (χ4n) is 2.52. The van der Waals surface area contributed by atoms with Crippen molar-refractivity contribution < 1.29 is 23.8 Å². The van der Waals surface area contributed by atoms with Crippen LogP contribution in [0.1, 0.15) is 0 Å². The molecule has 7 heteroatoms. The zero-order chi connectivity index (χ0) is 15.0. The molecule has 6 nitrogen and oxygen atoms in total. The van der Waals surface area contributed by atoms with Crippen molar-refractivity contribution in [2.75, 3.05) is 26.3 Å². The van der Waals surface area contributed by atoms with Gasteiger partial charge >= 0.3 is 5.97 Å². The summed E-state index contributed by atoms with van der Waals surface area (Å²) in [4.78, 5) is 28.8. The SMILES string of the molecule is O=C(O)C1=CN=C2C=C(N3CCOCC3)C(F)=CC2C1=O. The van der Waals surface area contributed by atoms with Crippen molar-refractivity contribution >= 4 is 17.5 Å². The molecule has 1 unspecified atom stereocenters. The molecule has 2 heterocycles. The van der Waals surface area contributed by atoms with E-state index in [0.29, 0.717) is 37.7 Å². The number of hydrogen-bond acceptors (Lipinski definition) is 5. The third-order valence-electron chi connectivity index (χ3n) is 3.63. The summed E-state index contributed by atoms with van der Waals surface area (Å²) < 4.78 is 19.5. The van der Waals surface area contributed by atoms with Crippen molar-refractivity contribution in [2.24, 2.45) is 10.9 Å². The minimum atomic E-state index is -1.35. The fraction of sp³-hybridized carbons (Fsp3) is 0.357. The summed E-state index contributed by atoms with van der Waals surface area (Å²) in [7, 11) is 0. The number of morpholine rings is 1. The second-order valence-electron chi connectivity index (χ2n) is 4.89. The van der Waals surface area contributed by atoms with Crippen molar-refractivity contribution in [1.29, 1.82) is 0 Å². The van der Waals surface area contributed by atoms with Crippen LogP contribution in [0, 0.1) is 5.92 Å². The summed E-state index contributed by atoms with van der Waals surface area (Å²) in [6.07, 6.45) is 3.68. The number of aliphatic carboxylic acids is 1. The monoisotopic (exact) mass is 292 g/mol. The van der Waals surface area contributed by atoms with Crippen LogP contribution in [0.4, 0.5) is 4.39 Å². The lowest BCUT2D eigenvalue weighted by Crippen LogP contribution is -2.38. The fourth-order valence-corrected chi connectivity index (χ4v) is 2.52. The Kier molecular flexibility index (Phi) is 3.42. The lowest BCUT2D eigenvalue weighted by atomic mass is 9.87. The Morgan fingerprint density at radius 3 is 2.81 bits per heavy atom. The molecule has 0 saturated carbocycles. The minimum Gasteiger partial charge on any atom is -0.478 e. The van der Waals surface area contributed by atoms with Crippen LogP contribution >= 0.6 is 0 Å². The smallest absolute Gasteiger partial charge is 0.340 e. The number of ketones is 1. The Balaban J connectivity index is 1.94. The first-order chi connectivity index (χ1) is 10.1. The highest BCUT2D eigenvalue weighted by molar-refractivity contribution is 6.28. The lowest BCUT2D eigenvalue weighted by Gasteiger charge is -2.32. The van der Waals surface area contributed by atoms with E-state index < -0.39 is 29.1 Å². The van der Waals surface area contributed by atoms with Gasteiger partial charge in [-0.25, -0.2) is 9.18 Å². The number of fused-ring (bicyclic) bond motifs is 1. The van der Waals surface area contributed by atoms with Crippen LogP contribution in [-0.2, 0) is 14.3 Å². The summed E-state index contributed by atoms with van der Waals surface area (Å²) in [5.41, 5.74) is 0.317. The summed E-state index contributed by atoms with van der Waals surface area (Å²) in [6.45, 7) is 2.16. The molecule has 0 aromatic carbocycles. The first kappa shape index (κ1) is 13.7. The van der Waals surface area contributed by atoms with Gasteiger partial charge in [-0.3, -0.25) is 9.79 Å². The first-order valence-electron chi connectivity index (χ1n) is 6.55. The van der Waals surface area contributed by atoms with Gasteiger partial charge in [0.1, 0.15) is 11.4 Å². The molecule has 0 aromatic rings. The molecule has 0 amide bonds. The van der Waals surface area contributed by atoms with Crippen LogP contribution in [0.15, 0.2) is 40.4 Å². The van der Waals surface area contributed by atoms with Crippen molar-refractivity contribution in [2.45, 2.75) is 0 Å². The van der Waals surface area contributed by atoms with E-state index >= 15 is 0 Å². The van der Waals surface area contributed by atoms with Gasteiger partial charge < -0.3 is 14.7 Å². The van der Waals surface area contributed by atoms with Gasteiger partial charge in [-0.2, -0.15) is 0 Å². The van der Waals surface area contributed by atoms with E-state index in [1.165, 1.54) is 6.08 Å². The number of carboxylic acids is 1. The number of halogens is 1. The molecule has 110 valence electrons. The Hall–Kier alpha value is -2.28. The van der Waals surface area contributed by atoms with Crippen LogP contribution < -0.4 is 0 Å². The predicted octanol–water partition coefficient (Wildman–Crippen LogP) is 0.678. The van der Waals surface area contributed by atoms with Gasteiger partial charge in [-0.1, -0.05) is 0 Å². The van der Waals surface area contributed by atoms with Gasteiger partial charge in [0.2, 0.25) is 0 Å². The average Bonchev–Trinajstić information content (AvgIpc) is 2.48. The van der Waals surface area contributed by atoms with Crippen molar-refractivity contribution in [3.63, 3.8) is 0 Å². The van der Waals surface area contributed by atoms with Gasteiger partial charge in [-0.15, -0.1) is 0 Å². The first-order valence-corrected chi connectivity index (χ1v) is 6.55. The van der Waals surface area contributed by atoms with Crippen molar-refractivity contribution in [3.8, 4) is 0 Å². The molecule has 1 aliphatic carbocycles. The van der Waals surface area contributed by atoms with Crippen molar-refractivity contribution in [1.82, 2.24) is 4.90 Å². The molecule has 3 rings (SSSR count). The highest BCUT2D eigenvalue weighted by atomic mass is 19.1. The van der Waals surface area contributed by atoms with Gasteiger partial charge in [-0.05, 0) is 12.2 Å². The Morgan fingerprint density at radius 1 is 1.43 bits per heavy atom. The minimum absolute atomic E-state index is 0.368. The van der Waals surface area contributed by atoms with Gasteiger partial charge in [0.25, 0.3) is 0 Å². The summed E-state index contributed by atoms with van der Waals surface area (Å²) in [6, 6.07) is 0. The number of nitrogens with zero attached hydrogens (tertiary/aromatic N) is 2. The quantitative estimate of drug-likeness (QED) is 0.757. The van der Waals surface area contributed by atoms with E-state index in [4.69, 9.17) is 9.84 Å². The molecule has 0 spiro atoms. The largest absolute Gasteiger partial charge is 0.478 e. The molecule has 0 aromatic heterocycles. The maximum absolute atomic E-state index is 14.2. The van der Waals surface area contributed by atoms with E-state index in [-0.39, 0.29) is 0 Å². The van der Waals surface area contributed by atoms with E-state index in [0.717, 1.165) is 12.3 Å².